The Morgan fingerprint density at radius 1 is 1.21 bits per heavy atom. The number of aryl methyl sites for hydroxylation is 1. The van der Waals surface area contributed by atoms with E-state index >= 15 is 0 Å². The summed E-state index contributed by atoms with van der Waals surface area (Å²) in [6.45, 7) is 0. The molecule has 0 unspecified atom stereocenters. The van der Waals surface area contributed by atoms with Crippen molar-refractivity contribution in [1.29, 1.82) is 5.26 Å². The number of hydrogen-bond donors (Lipinski definition) is 0. The zero-order valence-corrected chi connectivity index (χ0v) is 12.8. The number of nitriles is 1. The van der Waals surface area contributed by atoms with E-state index in [9.17, 15) is 13.6 Å². The molecule has 2 heterocycles. The largest absolute Gasteiger partial charge is 0.347 e. The first-order chi connectivity index (χ1) is 11.5. The van der Waals surface area contributed by atoms with Crippen molar-refractivity contribution in [3.8, 4) is 6.07 Å². The Hall–Kier alpha value is -2.49. The predicted octanol–water partition coefficient (Wildman–Crippen LogP) is 2.26. The van der Waals surface area contributed by atoms with Gasteiger partial charge in [-0.3, -0.25) is 4.57 Å². The second-order valence-electron chi connectivity index (χ2n) is 7.38. The highest BCUT2D eigenvalue weighted by molar-refractivity contribution is 5.30. The van der Waals surface area contributed by atoms with Gasteiger partial charge in [0.25, 0.3) is 0 Å². The van der Waals surface area contributed by atoms with E-state index in [4.69, 9.17) is 5.26 Å². The van der Waals surface area contributed by atoms with Gasteiger partial charge in [-0.25, -0.2) is 18.3 Å². The van der Waals surface area contributed by atoms with Crippen molar-refractivity contribution >= 4 is 0 Å². The van der Waals surface area contributed by atoms with Gasteiger partial charge in [-0.2, -0.15) is 10.4 Å². The number of nitrogens with zero attached hydrogens (tertiary/aromatic N) is 4. The van der Waals surface area contributed by atoms with Gasteiger partial charge in [0.05, 0.1) is 23.1 Å². The molecule has 0 amide bonds. The molecule has 2 bridgehead atoms. The second kappa shape index (κ2) is 4.12. The number of benzene rings is 1. The molecule has 5 nitrogen and oxygen atoms in total. The van der Waals surface area contributed by atoms with Gasteiger partial charge in [0.15, 0.2) is 0 Å². The van der Waals surface area contributed by atoms with E-state index in [-0.39, 0.29) is 22.7 Å². The van der Waals surface area contributed by atoms with Gasteiger partial charge in [0.1, 0.15) is 17.5 Å². The van der Waals surface area contributed by atoms with Crippen molar-refractivity contribution in [2.45, 2.75) is 43.7 Å². The quantitative estimate of drug-likeness (QED) is 0.849. The molecule has 0 N–H and O–H groups in total. The van der Waals surface area contributed by atoms with E-state index in [0.717, 1.165) is 6.07 Å². The maximum Gasteiger partial charge on any atom is 0.347 e. The van der Waals surface area contributed by atoms with E-state index < -0.39 is 11.6 Å². The maximum absolute atomic E-state index is 13.5. The van der Waals surface area contributed by atoms with Crippen molar-refractivity contribution in [3.05, 3.63) is 51.7 Å². The molecular weight excluding hydrogens is 314 g/mol. The van der Waals surface area contributed by atoms with Gasteiger partial charge in [0, 0.05) is 12.5 Å². The van der Waals surface area contributed by atoms with Gasteiger partial charge >= 0.3 is 5.69 Å². The van der Waals surface area contributed by atoms with E-state index in [1.807, 2.05) is 0 Å². The van der Waals surface area contributed by atoms with Crippen molar-refractivity contribution in [2.75, 3.05) is 0 Å². The zero-order valence-electron chi connectivity index (χ0n) is 12.8. The highest BCUT2D eigenvalue weighted by Gasteiger charge is 2.71. The molecule has 1 aromatic heterocycles. The average molecular weight is 328 g/mol. The van der Waals surface area contributed by atoms with Crippen LogP contribution in [0, 0.1) is 28.4 Å². The molecule has 0 saturated heterocycles. The first kappa shape index (κ1) is 13.9. The first-order valence-corrected chi connectivity index (χ1v) is 8.04. The monoisotopic (exact) mass is 328 g/mol. The summed E-state index contributed by atoms with van der Waals surface area (Å²) in [6, 6.07) is 5.32. The topological polar surface area (TPSA) is 63.6 Å². The van der Waals surface area contributed by atoms with Crippen LogP contribution in [-0.2, 0) is 12.0 Å². The molecule has 3 saturated carbocycles. The molecular formula is C17H14F2N4O. The van der Waals surface area contributed by atoms with Gasteiger partial charge in [-0.15, -0.1) is 0 Å². The molecule has 1 atom stereocenters. The van der Waals surface area contributed by atoms with E-state index in [1.165, 1.54) is 16.8 Å². The van der Waals surface area contributed by atoms with Crippen LogP contribution in [0.3, 0.4) is 0 Å². The van der Waals surface area contributed by atoms with E-state index in [2.05, 4.69) is 11.2 Å². The molecule has 1 aliphatic heterocycles. The lowest BCUT2D eigenvalue weighted by Crippen LogP contribution is -2.69. The summed E-state index contributed by atoms with van der Waals surface area (Å²) in [5.74, 6) is -0.631. The zero-order chi connectivity index (χ0) is 16.7. The van der Waals surface area contributed by atoms with Gasteiger partial charge in [0.2, 0.25) is 0 Å². The molecule has 3 fully saturated rings. The summed E-state index contributed by atoms with van der Waals surface area (Å²) in [5.41, 5.74) is -0.358. The van der Waals surface area contributed by atoms with Crippen LogP contribution in [0.4, 0.5) is 8.78 Å². The van der Waals surface area contributed by atoms with E-state index in [1.54, 1.807) is 4.57 Å². The smallest absolute Gasteiger partial charge is 0.271 e. The Morgan fingerprint density at radius 3 is 2.50 bits per heavy atom. The number of fused-ring (bicyclic) bond motifs is 1. The van der Waals surface area contributed by atoms with Crippen LogP contribution in [-0.4, -0.2) is 14.3 Å². The second-order valence-corrected chi connectivity index (χ2v) is 7.38. The lowest BCUT2D eigenvalue weighted by Gasteiger charge is -2.65. The molecule has 24 heavy (non-hydrogen) atoms. The van der Waals surface area contributed by atoms with Gasteiger partial charge in [-0.05, 0) is 43.4 Å². The van der Waals surface area contributed by atoms with Crippen molar-refractivity contribution in [3.63, 3.8) is 0 Å². The highest BCUT2D eigenvalue weighted by atomic mass is 19.1. The summed E-state index contributed by atoms with van der Waals surface area (Å²) in [4.78, 5) is 12.9. The van der Waals surface area contributed by atoms with Crippen LogP contribution in [0.1, 0.15) is 43.1 Å². The molecule has 6 rings (SSSR count). The molecule has 122 valence electrons. The van der Waals surface area contributed by atoms with Crippen molar-refractivity contribution < 1.29 is 8.78 Å². The third-order valence-electron chi connectivity index (χ3n) is 5.79. The minimum absolute atomic E-state index is 0.233. The molecule has 2 aromatic rings. The van der Waals surface area contributed by atoms with Crippen LogP contribution in [0.5, 0.6) is 0 Å². The van der Waals surface area contributed by atoms with Crippen molar-refractivity contribution in [2.24, 2.45) is 5.41 Å². The van der Waals surface area contributed by atoms with Gasteiger partial charge < -0.3 is 0 Å². The highest BCUT2D eigenvalue weighted by Crippen LogP contribution is 2.70. The average Bonchev–Trinajstić information content (AvgIpc) is 2.97. The molecule has 7 heteroatoms. The Balaban J connectivity index is 1.56. The number of aromatic nitrogens is 3. The number of hydrogen-bond acceptors (Lipinski definition) is 3. The molecule has 1 aromatic carbocycles. The van der Waals surface area contributed by atoms with Crippen molar-refractivity contribution in [1.82, 2.24) is 14.3 Å². The summed E-state index contributed by atoms with van der Waals surface area (Å²) >= 11 is 0. The summed E-state index contributed by atoms with van der Waals surface area (Å²) in [5, 5.41) is 13.6. The first-order valence-electron chi connectivity index (χ1n) is 8.04. The predicted molar refractivity (Wildman–Crippen MR) is 79.2 cm³/mol. The fourth-order valence-electron chi connectivity index (χ4n) is 4.77. The minimum atomic E-state index is -0.644. The number of halogens is 2. The van der Waals surface area contributed by atoms with Crippen LogP contribution in [0.2, 0.25) is 0 Å². The van der Waals surface area contributed by atoms with Crippen LogP contribution >= 0.6 is 0 Å². The summed E-state index contributed by atoms with van der Waals surface area (Å²) < 4.78 is 30.1. The lowest BCUT2D eigenvalue weighted by molar-refractivity contribution is -0.155. The van der Waals surface area contributed by atoms with Gasteiger partial charge in [-0.1, -0.05) is 0 Å². The molecule has 4 aliphatic rings. The third kappa shape index (κ3) is 1.56. The molecule has 0 radical (unpaired) electrons. The van der Waals surface area contributed by atoms with E-state index in [0.29, 0.717) is 43.5 Å². The summed E-state index contributed by atoms with van der Waals surface area (Å²) in [7, 11) is 0. The number of rotatable bonds is 2. The summed E-state index contributed by atoms with van der Waals surface area (Å²) in [6.07, 6.45) is 3.23. The van der Waals surface area contributed by atoms with Crippen LogP contribution < -0.4 is 5.69 Å². The standard InChI is InChI=1S/C17H14F2N4O/c18-11-3-10(4-12(19)5-11)13-1-2-14-21-23(15(24)22(13)14)17-6-16(7-17,8-17)9-20/h3-5,13H,1-2,6-8H2/t13-,16?,17?/m0/s1. The van der Waals surface area contributed by atoms with Crippen LogP contribution in [0.15, 0.2) is 23.0 Å². The SMILES string of the molecule is N#CC12CC(n3nc4n(c3=O)[C@H](c3cc(F)cc(F)c3)CC4)(C1)C2. The Kier molecular flexibility index (Phi) is 2.39. The minimum Gasteiger partial charge on any atom is -0.271 e. The molecule has 0 spiro atoms. The Morgan fingerprint density at radius 2 is 1.88 bits per heavy atom. The third-order valence-corrected chi connectivity index (χ3v) is 5.79. The lowest BCUT2D eigenvalue weighted by atomic mass is 9.40. The normalized spacial score (nSPS) is 32.6. The maximum atomic E-state index is 13.5. The Bertz CT molecular complexity index is 943. The fraction of sp³-hybridized carbons (Fsp3) is 0.471. The Labute approximate surface area is 136 Å². The van der Waals surface area contributed by atoms with Crippen LogP contribution in [0.25, 0.3) is 0 Å². The fourth-order valence-corrected chi connectivity index (χ4v) is 4.77. The molecule has 3 aliphatic carbocycles.